The molecule has 2 N–H and O–H groups in total. The molecule has 0 aliphatic heterocycles. The highest BCUT2D eigenvalue weighted by Gasteiger charge is 2.21. The van der Waals surface area contributed by atoms with Gasteiger partial charge in [-0.3, -0.25) is 4.79 Å². The molecule has 1 unspecified atom stereocenters. The van der Waals surface area contributed by atoms with Crippen LogP contribution in [0.15, 0.2) is 24.3 Å². The Morgan fingerprint density at radius 2 is 1.94 bits per heavy atom. The molecule has 0 fully saturated rings. The van der Waals surface area contributed by atoms with Crippen LogP contribution in [0.5, 0.6) is 0 Å². The first-order chi connectivity index (χ1) is 7.97. The third kappa shape index (κ3) is 3.27. The van der Waals surface area contributed by atoms with Gasteiger partial charge in [-0.2, -0.15) is 0 Å². The van der Waals surface area contributed by atoms with E-state index in [0.717, 1.165) is 5.56 Å². The molecule has 1 aromatic rings. The summed E-state index contributed by atoms with van der Waals surface area (Å²) in [6.07, 6.45) is 0.610. The van der Waals surface area contributed by atoms with Crippen molar-refractivity contribution in [2.75, 3.05) is 7.05 Å². The molecule has 2 atom stereocenters. The number of carbonyl (C=O) groups excluding carboxylic acids is 1. The summed E-state index contributed by atoms with van der Waals surface area (Å²) in [5.74, 6) is -0.371. The van der Waals surface area contributed by atoms with Crippen molar-refractivity contribution in [3.05, 3.63) is 35.6 Å². The van der Waals surface area contributed by atoms with E-state index in [1.807, 2.05) is 13.8 Å². The van der Waals surface area contributed by atoms with E-state index in [-0.39, 0.29) is 17.8 Å². The minimum absolute atomic E-state index is 0.0932. The highest BCUT2D eigenvalue weighted by molar-refractivity contribution is 5.81. The summed E-state index contributed by atoms with van der Waals surface area (Å²) in [7, 11) is 1.71. The molecule has 3 nitrogen and oxygen atoms in total. The number of nitrogens with two attached hydrogens (primary N) is 1. The quantitative estimate of drug-likeness (QED) is 0.873. The van der Waals surface area contributed by atoms with E-state index in [4.69, 9.17) is 5.73 Å². The van der Waals surface area contributed by atoms with Gasteiger partial charge in [-0.1, -0.05) is 19.1 Å². The molecule has 17 heavy (non-hydrogen) atoms. The van der Waals surface area contributed by atoms with Crippen molar-refractivity contribution in [1.29, 1.82) is 0 Å². The smallest absolute Gasteiger partial charge is 0.239 e. The SMILES string of the molecule is CC[C@H](N)C(=O)N(C)C(C)c1ccc(F)cc1. The second-order valence-corrected chi connectivity index (χ2v) is 4.19. The first-order valence-corrected chi connectivity index (χ1v) is 5.75. The van der Waals surface area contributed by atoms with Gasteiger partial charge >= 0.3 is 0 Å². The lowest BCUT2D eigenvalue weighted by Crippen LogP contribution is -2.42. The highest BCUT2D eigenvalue weighted by Crippen LogP contribution is 2.19. The third-order valence-corrected chi connectivity index (χ3v) is 3.04. The number of rotatable bonds is 4. The minimum atomic E-state index is -0.470. The lowest BCUT2D eigenvalue weighted by Gasteiger charge is -2.27. The Kier molecular flexibility index (Phi) is 4.63. The molecular formula is C13H19FN2O. The zero-order valence-corrected chi connectivity index (χ0v) is 10.5. The number of nitrogens with zero attached hydrogens (tertiary/aromatic N) is 1. The molecule has 1 amide bonds. The third-order valence-electron chi connectivity index (χ3n) is 3.04. The van der Waals surface area contributed by atoms with Crippen molar-refractivity contribution in [3.8, 4) is 0 Å². The summed E-state index contributed by atoms with van der Waals surface area (Å²) < 4.78 is 12.8. The molecule has 0 saturated heterocycles. The standard InChI is InChI=1S/C13H19FN2O/c1-4-12(15)13(17)16(3)9(2)10-5-7-11(14)8-6-10/h5-9,12H,4,15H2,1-3H3/t9?,12-/m0/s1. The van der Waals surface area contributed by atoms with Gasteiger partial charge in [-0.05, 0) is 31.0 Å². The fraction of sp³-hybridized carbons (Fsp3) is 0.462. The maximum Gasteiger partial charge on any atom is 0.239 e. The largest absolute Gasteiger partial charge is 0.338 e. The Morgan fingerprint density at radius 3 is 2.41 bits per heavy atom. The predicted molar refractivity (Wildman–Crippen MR) is 65.9 cm³/mol. The van der Waals surface area contributed by atoms with Crippen LogP contribution in [0, 0.1) is 5.82 Å². The maximum atomic E-state index is 12.8. The van der Waals surface area contributed by atoms with Crippen molar-refractivity contribution in [2.24, 2.45) is 5.73 Å². The summed E-state index contributed by atoms with van der Waals surface area (Å²) in [5.41, 5.74) is 6.60. The number of carbonyl (C=O) groups is 1. The fourth-order valence-electron chi connectivity index (χ4n) is 1.59. The summed E-state index contributed by atoms with van der Waals surface area (Å²) >= 11 is 0. The molecule has 1 rings (SSSR count). The number of halogens is 1. The highest BCUT2D eigenvalue weighted by atomic mass is 19.1. The second kappa shape index (κ2) is 5.77. The zero-order chi connectivity index (χ0) is 13.0. The van der Waals surface area contributed by atoms with Crippen LogP contribution < -0.4 is 5.73 Å². The van der Waals surface area contributed by atoms with E-state index in [9.17, 15) is 9.18 Å². The Hall–Kier alpha value is -1.42. The minimum Gasteiger partial charge on any atom is -0.338 e. The van der Waals surface area contributed by atoms with Crippen LogP contribution in [0.25, 0.3) is 0 Å². The van der Waals surface area contributed by atoms with Gasteiger partial charge in [-0.25, -0.2) is 4.39 Å². The van der Waals surface area contributed by atoms with Crippen molar-refractivity contribution in [2.45, 2.75) is 32.4 Å². The molecule has 0 saturated carbocycles. The number of benzene rings is 1. The normalized spacial score (nSPS) is 14.2. The molecule has 94 valence electrons. The average Bonchev–Trinajstić information content (AvgIpc) is 2.36. The molecular weight excluding hydrogens is 219 g/mol. The Morgan fingerprint density at radius 1 is 1.41 bits per heavy atom. The van der Waals surface area contributed by atoms with Crippen LogP contribution in [0.3, 0.4) is 0 Å². The van der Waals surface area contributed by atoms with Crippen LogP contribution in [0.4, 0.5) is 4.39 Å². The summed E-state index contributed by atoms with van der Waals surface area (Å²) in [5, 5.41) is 0. The van der Waals surface area contributed by atoms with Crippen LogP contribution in [0.1, 0.15) is 31.9 Å². The van der Waals surface area contributed by atoms with E-state index in [1.165, 1.54) is 12.1 Å². The van der Waals surface area contributed by atoms with E-state index < -0.39 is 6.04 Å². The summed E-state index contributed by atoms with van der Waals surface area (Å²) in [6.45, 7) is 3.77. The van der Waals surface area contributed by atoms with Crippen molar-refractivity contribution < 1.29 is 9.18 Å². The molecule has 0 radical (unpaired) electrons. The molecule has 0 heterocycles. The molecule has 0 aliphatic rings. The van der Waals surface area contributed by atoms with E-state index >= 15 is 0 Å². The number of hydrogen-bond donors (Lipinski definition) is 1. The van der Waals surface area contributed by atoms with Gasteiger partial charge in [0.25, 0.3) is 0 Å². The van der Waals surface area contributed by atoms with E-state index in [2.05, 4.69) is 0 Å². The first-order valence-electron chi connectivity index (χ1n) is 5.75. The average molecular weight is 238 g/mol. The fourth-order valence-corrected chi connectivity index (χ4v) is 1.59. The van der Waals surface area contributed by atoms with Crippen LogP contribution in [-0.4, -0.2) is 23.9 Å². The van der Waals surface area contributed by atoms with Crippen molar-refractivity contribution in [1.82, 2.24) is 4.90 Å². The number of likely N-dealkylation sites (N-methyl/N-ethyl adjacent to an activating group) is 1. The Bertz CT molecular complexity index is 378. The molecule has 4 heteroatoms. The molecule has 0 bridgehead atoms. The van der Waals surface area contributed by atoms with Crippen LogP contribution >= 0.6 is 0 Å². The summed E-state index contributed by atoms with van der Waals surface area (Å²) in [4.78, 5) is 13.5. The molecule has 0 aliphatic carbocycles. The molecule has 0 spiro atoms. The zero-order valence-electron chi connectivity index (χ0n) is 10.5. The monoisotopic (exact) mass is 238 g/mol. The van der Waals surface area contributed by atoms with Crippen LogP contribution in [0.2, 0.25) is 0 Å². The van der Waals surface area contributed by atoms with Gasteiger partial charge in [-0.15, -0.1) is 0 Å². The lowest BCUT2D eigenvalue weighted by atomic mass is 10.1. The van der Waals surface area contributed by atoms with Gasteiger partial charge < -0.3 is 10.6 Å². The Labute approximate surface area is 101 Å². The van der Waals surface area contributed by atoms with Crippen LogP contribution in [-0.2, 0) is 4.79 Å². The van der Waals surface area contributed by atoms with Crippen molar-refractivity contribution >= 4 is 5.91 Å². The van der Waals surface area contributed by atoms with Gasteiger partial charge in [0.2, 0.25) is 5.91 Å². The van der Waals surface area contributed by atoms with Gasteiger partial charge in [0.1, 0.15) is 5.82 Å². The van der Waals surface area contributed by atoms with Gasteiger partial charge in [0.05, 0.1) is 12.1 Å². The molecule has 0 aromatic heterocycles. The second-order valence-electron chi connectivity index (χ2n) is 4.19. The Balaban J connectivity index is 2.79. The lowest BCUT2D eigenvalue weighted by molar-refractivity contribution is -0.133. The van der Waals surface area contributed by atoms with Gasteiger partial charge in [0.15, 0.2) is 0 Å². The predicted octanol–water partition coefficient (Wildman–Crippen LogP) is 2.08. The van der Waals surface area contributed by atoms with E-state index in [0.29, 0.717) is 6.42 Å². The molecule has 1 aromatic carbocycles. The maximum absolute atomic E-state index is 12.8. The van der Waals surface area contributed by atoms with E-state index in [1.54, 1.807) is 24.1 Å². The summed E-state index contributed by atoms with van der Waals surface area (Å²) in [6, 6.07) is 5.57. The number of hydrogen-bond acceptors (Lipinski definition) is 2. The first kappa shape index (κ1) is 13.6. The topological polar surface area (TPSA) is 46.3 Å². The van der Waals surface area contributed by atoms with Crippen molar-refractivity contribution in [3.63, 3.8) is 0 Å². The number of amides is 1. The van der Waals surface area contributed by atoms with Gasteiger partial charge in [0, 0.05) is 7.05 Å².